The standard InChI is InChI=1S/C57H40N3OPS/c1-57(2)48-24-14-12-22-43(48)44-29-31-51-55(56(44)57)45-23-13-15-25-49(45)58(51)41-28-33-54-47(36-41)46-34-37(27-32-53(46)63-54)38-26-30-50-52(35-38)60(40-18-8-4-9-19-40)62(61,42-20-10-5-11-21-42)59(50)39-16-6-3-7-17-39/h3-36H,1-2H3. The number of benzene rings is 9. The van der Waals surface area contributed by atoms with Gasteiger partial charge < -0.3 is 4.57 Å². The van der Waals surface area contributed by atoms with E-state index in [1.807, 2.05) is 78.1 Å². The molecule has 1 atom stereocenters. The normalized spacial score (nSPS) is 16.3. The molecule has 1 aliphatic heterocycles. The molecule has 300 valence electrons. The molecule has 13 rings (SSSR count). The smallest absolute Gasteiger partial charge is 0.301 e. The number of fused-ring (bicyclic) bond motifs is 11. The Labute approximate surface area is 370 Å². The zero-order valence-electron chi connectivity index (χ0n) is 34.7. The second kappa shape index (κ2) is 13.4. The molecule has 0 amide bonds. The Morgan fingerprint density at radius 1 is 0.460 bits per heavy atom. The van der Waals surface area contributed by atoms with Crippen LogP contribution in [0.25, 0.3) is 69.9 Å². The van der Waals surface area contributed by atoms with E-state index in [2.05, 4.69) is 167 Å². The van der Waals surface area contributed by atoms with Crippen LogP contribution < -0.4 is 14.6 Å². The minimum absolute atomic E-state index is 0.127. The van der Waals surface area contributed by atoms with Crippen molar-refractivity contribution in [1.29, 1.82) is 0 Å². The molecule has 0 spiro atoms. The summed E-state index contributed by atoms with van der Waals surface area (Å²) in [5, 5.41) is 5.87. The third-order valence-electron chi connectivity index (χ3n) is 13.5. The molecule has 1 aliphatic carbocycles. The minimum Gasteiger partial charge on any atom is -0.309 e. The van der Waals surface area contributed by atoms with Gasteiger partial charge >= 0.3 is 7.44 Å². The maximum Gasteiger partial charge on any atom is 0.301 e. The summed E-state index contributed by atoms with van der Waals surface area (Å²) < 4.78 is 25.3. The third kappa shape index (κ3) is 5.12. The summed E-state index contributed by atoms with van der Waals surface area (Å²) in [6.45, 7) is 4.76. The van der Waals surface area contributed by atoms with Crippen molar-refractivity contribution in [3.05, 3.63) is 217 Å². The summed E-state index contributed by atoms with van der Waals surface area (Å²) >= 11 is 1.84. The molecular formula is C57H40N3OPS. The molecule has 2 aromatic heterocycles. The molecule has 3 heterocycles. The first-order chi connectivity index (χ1) is 30.9. The zero-order valence-corrected chi connectivity index (χ0v) is 36.4. The summed E-state index contributed by atoms with van der Waals surface area (Å²) in [5.74, 6) is 0. The molecule has 0 N–H and O–H groups in total. The topological polar surface area (TPSA) is 28.5 Å². The lowest BCUT2D eigenvalue weighted by Gasteiger charge is -2.33. The van der Waals surface area contributed by atoms with Gasteiger partial charge in [0.15, 0.2) is 0 Å². The highest BCUT2D eigenvalue weighted by atomic mass is 32.1. The van der Waals surface area contributed by atoms with Gasteiger partial charge in [-0.25, -0.2) is 0 Å². The number of anilines is 4. The SMILES string of the molecule is CC1(C)c2ccccc2-c2ccc3c(c21)c1ccccc1n3-c1ccc2sc3ccc(-c4ccc5c(c4)N(c4ccccc4)P(=O)(c4ccccc4)N5c4ccccc4)cc3c2c1. The number of para-hydroxylation sites is 3. The van der Waals surface area contributed by atoms with Gasteiger partial charge in [0, 0.05) is 53.4 Å². The lowest BCUT2D eigenvalue weighted by atomic mass is 9.80. The number of nitrogens with zero attached hydrogens (tertiary/aromatic N) is 3. The van der Waals surface area contributed by atoms with E-state index in [0.29, 0.717) is 0 Å². The molecule has 0 fully saturated rings. The maximum atomic E-state index is 16.2. The van der Waals surface area contributed by atoms with Gasteiger partial charge in [0.05, 0.1) is 27.7 Å². The van der Waals surface area contributed by atoms with Crippen molar-refractivity contribution in [1.82, 2.24) is 4.57 Å². The minimum atomic E-state index is -3.47. The highest BCUT2D eigenvalue weighted by molar-refractivity contribution is 7.76. The van der Waals surface area contributed by atoms with Crippen molar-refractivity contribution >= 4 is 88.8 Å². The molecule has 63 heavy (non-hydrogen) atoms. The Balaban J connectivity index is 0.982. The van der Waals surface area contributed by atoms with Crippen LogP contribution in [0.3, 0.4) is 0 Å². The van der Waals surface area contributed by atoms with Gasteiger partial charge in [-0.15, -0.1) is 11.3 Å². The molecule has 4 nitrogen and oxygen atoms in total. The number of hydrogen-bond acceptors (Lipinski definition) is 2. The Bertz CT molecular complexity index is 3700. The lowest BCUT2D eigenvalue weighted by molar-refractivity contribution is 0.582. The van der Waals surface area contributed by atoms with Gasteiger partial charge in [-0.05, 0) is 124 Å². The fraction of sp³-hybridized carbons (Fsp3) is 0.0526. The number of rotatable bonds is 5. The fourth-order valence-electron chi connectivity index (χ4n) is 10.7. The molecule has 2 aliphatic rings. The first kappa shape index (κ1) is 36.5. The van der Waals surface area contributed by atoms with Gasteiger partial charge in [-0.3, -0.25) is 13.9 Å². The number of aromatic nitrogens is 1. The molecule has 11 aromatic rings. The quantitative estimate of drug-likeness (QED) is 0.162. The van der Waals surface area contributed by atoms with Crippen LogP contribution in [-0.4, -0.2) is 4.57 Å². The highest BCUT2D eigenvalue weighted by Crippen LogP contribution is 2.70. The summed E-state index contributed by atoms with van der Waals surface area (Å²) in [6.07, 6.45) is 0. The molecule has 0 radical (unpaired) electrons. The van der Waals surface area contributed by atoms with Crippen molar-refractivity contribution in [2.24, 2.45) is 0 Å². The van der Waals surface area contributed by atoms with Crippen molar-refractivity contribution in [2.45, 2.75) is 19.3 Å². The summed E-state index contributed by atoms with van der Waals surface area (Å²) in [7, 11) is -3.47. The van der Waals surface area contributed by atoms with E-state index >= 15 is 4.57 Å². The Kier molecular flexibility index (Phi) is 7.77. The molecule has 1 unspecified atom stereocenters. The second-order valence-electron chi connectivity index (χ2n) is 17.3. The highest BCUT2D eigenvalue weighted by Gasteiger charge is 2.49. The largest absolute Gasteiger partial charge is 0.309 e. The molecule has 0 bridgehead atoms. The van der Waals surface area contributed by atoms with Crippen LogP contribution in [0, 0.1) is 0 Å². The monoisotopic (exact) mass is 845 g/mol. The van der Waals surface area contributed by atoms with Gasteiger partial charge in [-0.2, -0.15) is 0 Å². The van der Waals surface area contributed by atoms with Crippen molar-refractivity contribution in [3.63, 3.8) is 0 Å². The van der Waals surface area contributed by atoms with E-state index < -0.39 is 7.44 Å². The average molecular weight is 846 g/mol. The van der Waals surface area contributed by atoms with Gasteiger partial charge in [0.2, 0.25) is 0 Å². The lowest BCUT2D eigenvalue weighted by Crippen LogP contribution is -2.26. The summed E-state index contributed by atoms with van der Waals surface area (Å²) in [5.41, 5.74) is 14.7. The number of thiophene rings is 1. The zero-order chi connectivity index (χ0) is 42.0. The third-order valence-corrected chi connectivity index (χ3v) is 17.6. The van der Waals surface area contributed by atoms with Crippen LogP contribution in [0.15, 0.2) is 206 Å². The van der Waals surface area contributed by atoms with E-state index in [0.717, 1.165) is 44.9 Å². The van der Waals surface area contributed by atoms with Crippen molar-refractivity contribution in [2.75, 3.05) is 9.34 Å². The van der Waals surface area contributed by atoms with E-state index in [-0.39, 0.29) is 5.41 Å². The molecule has 0 saturated carbocycles. The van der Waals surface area contributed by atoms with Crippen LogP contribution in [0.2, 0.25) is 0 Å². The van der Waals surface area contributed by atoms with Gasteiger partial charge in [-0.1, -0.05) is 129 Å². The summed E-state index contributed by atoms with van der Waals surface area (Å²) in [6, 6.07) is 73.2. The van der Waals surface area contributed by atoms with E-state index in [4.69, 9.17) is 0 Å². The average Bonchev–Trinajstić information content (AvgIpc) is 4.02. The molecule has 0 saturated heterocycles. The first-order valence-corrected chi connectivity index (χ1v) is 24.0. The van der Waals surface area contributed by atoms with Crippen LogP contribution in [0.5, 0.6) is 0 Å². The predicted octanol–water partition coefficient (Wildman–Crippen LogP) is 15.9. The van der Waals surface area contributed by atoms with Crippen LogP contribution in [0.1, 0.15) is 25.0 Å². The second-order valence-corrected chi connectivity index (χ2v) is 20.8. The fourth-order valence-corrected chi connectivity index (χ4v) is 14.8. The van der Waals surface area contributed by atoms with Crippen molar-refractivity contribution in [3.8, 4) is 27.9 Å². The Morgan fingerprint density at radius 2 is 1.06 bits per heavy atom. The van der Waals surface area contributed by atoms with E-state index in [1.165, 1.54) is 64.2 Å². The van der Waals surface area contributed by atoms with Crippen LogP contribution in [0.4, 0.5) is 22.7 Å². The van der Waals surface area contributed by atoms with Crippen molar-refractivity contribution < 1.29 is 4.57 Å². The molecular weight excluding hydrogens is 806 g/mol. The predicted molar refractivity (Wildman–Crippen MR) is 268 cm³/mol. The van der Waals surface area contributed by atoms with Gasteiger partial charge in [0.25, 0.3) is 0 Å². The molecule has 9 aromatic carbocycles. The Hall–Kier alpha value is -7.17. The van der Waals surface area contributed by atoms with Crippen LogP contribution in [-0.2, 0) is 9.98 Å². The molecule has 6 heteroatoms. The van der Waals surface area contributed by atoms with Gasteiger partial charge in [0.1, 0.15) is 0 Å². The van der Waals surface area contributed by atoms with E-state index in [1.54, 1.807) is 0 Å². The first-order valence-electron chi connectivity index (χ1n) is 21.5. The summed E-state index contributed by atoms with van der Waals surface area (Å²) in [4.78, 5) is 0. The van der Waals surface area contributed by atoms with E-state index in [9.17, 15) is 0 Å². The Morgan fingerprint density at radius 3 is 1.83 bits per heavy atom. The van der Waals surface area contributed by atoms with Crippen LogP contribution >= 0.6 is 18.8 Å². The maximum absolute atomic E-state index is 16.2. The number of hydrogen-bond donors (Lipinski definition) is 0.